The number of hydrogen-bond donors (Lipinski definition) is 1. The number of nitrogens with zero attached hydrogens (tertiary/aromatic N) is 1. The van der Waals surface area contributed by atoms with Gasteiger partial charge in [-0.3, -0.25) is 9.78 Å². The van der Waals surface area contributed by atoms with Crippen molar-refractivity contribution in [3.05, 3.63) is 76.9 Å². The molecule has 0 saturated heterocycles. The highest BCUT2D eigenvalue weighted by atomic mass is 16.5. The van der Waals surface area contributed by atoms with Crippen molar-refractivity contribution in [2.45, 2.75) is 6.42 Å². The van der Waals surface area contributed by atoms with Crippen LogP contribution in [0.2, 0.25) is 0 Å². The topological polar surface area (TPSA) is 89.6 Å². The normalized spacial score (nSPS) is 10.9. The van der Waals surface area contributed by atoms with Gasteiger partial charge in [-0.25, -0.2) is 4.79 Å². The van der Waals surface area contributed by atoms with Crippen LogP contribution < -0.4 is 10.4 Å². The molecule has 2 heterocycles. The summed E-state index contributed by atoms with van der Waals surface area (Å²) in [7, 11) is 0. The molecule has 0 saturated carbocycles. The Morgan fingerprint density at radius 2 is 1.88 bits per heavy atom. The number of phenols is 1. The number of hydrogen-bond acceptors (Lipinski definition) is 6. The second-order valence-corrected chi connectivity index (χ2v) is 5.75. The lowest BCUT2D eigenvalue weighted by Gasteiger charge is -2.07. The predicted octanol–water partition coefficient (Wildman–Crippen LogP) is 3.19. The minimum absolute atomic E-state index is 0.00998. The molecule has 0 unspecified atom stereocenters. The predicted molar refractivity (Wildman–Crippen MR) is 95.2 cm³/mol. The zero-order chi connectivity index (χ0) is 18.1. The molecule has 6 nitrogen and oxygen atoms in total. The number of ether oxygens (including phenoxy) is 1. The lowest BCUT2D eigenvalue weighted by Crippen LogP contribution is -2.12. The number of aromatic nitrogens is 1. The van der Waals surface area contributed by atoms with Gasteiger partial charge >= 0.3 is 11.6 Å². The highest BCUT2D eigenvalue weighted by Gasteiger charge is 2.12. The summed E-state index contributed by atoms with van der Waals surface area (Å²) in [5.74, 6) is -0.194. The van der Waals surface area contributed by atoms with E-state index in [1.54, 1.807) is 42.6 Å². The van der Waals surface area contributed by atoms with Gasteiger partial charge in [0.25, 0.3) is 0 Å². The molecule has 0 fully saturated rings. The van der Waals surface area contributed by atoms with E-state index in [1.807, 2.05) is 0 Å². The van der Waals surface area contributed by atoms with Crippen LogP contribution in [0.5, 0.6) is 11.5 Å². The molecule has 0 aliphatic rings. The number of carbonyl (C=O) groups excluding carboxylic acids is 1. The van der Waals surface area contributed by atoms with Crippen LogP contribution in [0.15, 0.2) is 70.0 Å². The number of phenolic OH excluding ortho intramolecular Hbond substituents is 1. The zero-order valence-electron chi connectivity index (χ0n) is 13.5. The third-order valence-corrected chi connectivity index (χ3v) is 3.95. The number of rotatable bonds is 3. The summed E-state index contributed by atoms with van der Waals surface area (Å²) in [6.45, 7) is 0. The van der Waals surface area contributed by atoms with Gasteiger partial charge in [-0.15, -0.1) is 0 Å². The lowest BCUT2D eigenvalue weighted by molar-refractivity contribution is -0.133. The van der Waals surface area contributed by atoms with Gasteiger partial charge in [-0.2, -0.15) is 0 Å². The number of fused-ring (bicyclic) bond motifs is 3. The van der Waals surface area contributed by atoms with Crippen molar-refractivity contribution in [1.29, 1.82) is 0 Å². The Balaban J connectivity index is 1.67. The van der Waals surface area contributed by atoms with Crippen LogP contribution in [-0.4, -0.2) is 16.1 Å². The van der Waals surface area contributed by atoms with Crippen molar-refractivity contribution in [2.75, 3.05) is 0 Å². The lowest BCUT2D eigenvalue weighted by atomic mass is 10.1. The van der Waals surface area contributed by atoms with Gasteiger partial charge in [-0.1, -0.05) is 6.07 Å². The molecule has 128 valence electrons. The summed E-state index contributed by atoms with van der Waals surface area (Å²) in [6.07, 6.45) is 1.65. The molecular formula is C20H13NO5. The third kappa shape index (κ3) is 3.00. The third-order valence-electron chi connectivity index (χ3n) is 3.95. The van der Waals surface area contributed by atoms with Crippen LogP contribution in [0.25, 0.3) is 21.7 Å². The second kappa shape index (κ2) is 6.33. The van der Waals surface area contributed by atoms with Crippen LogP contribution >= 0.6 is 0 Å². The van der Waals surface area contributed by atoms with Crippen LogP contribution in [0.1, 0.15) is 5.69 Å². The summed E-state index contributed by atoms with van der Waals surface area (Å²) in [4.78, 5) is 28.3. The summed E-state index contributed by atoms with van der Waals surface area (Å²) in [5, 5.41) is 11.2. The largest absolute Gasteiger partial charge is 0.508 e. The molecular weight excluding hydrogens is 334 g/mol. The van der Waals surface area contributed by atoms with E-state index in [1.165, 1.54) is 18.2 Å². The minimum atomic E-state index is -0.569. The Bertz CT molecular complexity index is 1180. The highest BCUT2D eigenvalue weighted by molar-refractivity contribution is 6.05. The van der Waals surface area contributed by atoms with Gasteiger partial charge in [0, 0.05) is 23.0 Å². The van der Waals surface area contributed by atoms with Crippen molar-refractivity contribution in [2.24, 2.45) is 0 Å². The van der Waals surface area contributed by atoms with Crippen molar-refractivity contribution in [3.63, 3.8) is 0 Å². The van der Waals surface area contributed by atoms with Crippen molar-refractivity contribution < 1.29 is 19.1 Å². The highest BCUT2D eigenvalue weighted by Crippen LogP contribution is 2.28. The SMILES string of the molecule is O=C(Cc1ccccn1)Oc1ccc2c(c1)oc(=O)c1cc(O)ccc12. The summed E-state index contributed by atoms with van der Waals surface area (Å²) in [5.41, 5.74) is 0.340. The first kappa shape index (κ1) is 15.8. The molecule has 0 amide bonds. The van der Waals surface area contributed by atoms with E-state index in [9.17, 15) is 14.7 Å². The van der Waals surface area contributed by atoms with E-state index >= 15 is 0 Å². The van der Waals surface area contributed by atoms with E-state index in [4.69, 9.17) is 9.15 Å². The molecule has 2 aromatic carbocycles. The molecule has 1 N–H and O–H groups in total. The van der Waals surface area contributed by atoms with E-state index in [0.717, 1.165) is 0 Å². The Labute approximate surface area is 147 Å². The Hall–Kier alpha value is -3.67. The molecule has 6 heteroatoms. The van der Waals surface area contributed by atoms with Crippen LogP contribution in [0, 0.1) is 0 Å². The average molecular weight is 347 g/mol. The summed E-state index contributed by atoms with van der Waals surface area (Å²) < 4.78 is 10.6. The van der Waals surface area contributed by atoms with Gasteiger partial charge in [0.1, 0.15) is 17.1 Å². The fraction of sp³-hybridized carbons (Fsp3) is 0.0500. The maximum atomic E-state index is 12.1. The van der Waals surface area contributed by atoms with Gasteiger partial charge in [0.15, 0.2) is 0 Å². The quantitative estimate of drug-likeness (QED) is 0.265. The molecule has 4 rings (SSSR count). The molecule has 0 aliphatic carbocycles. The first-order valence-electron chi connectivity index (χ1n) is 7.90. The number of benzene rings is 2. The maximum absolute atomic E-state index is 12.1. The number of pyridine rings is 1. The number of esters is 1. The van der Waals surface area contributed by atoms with Crippen molar-refractivity contribution in [1.82, 2.24) is 4.98 Å². The molecule has 0 radical (unpaired) electrons. The first-order valence-corrected chi connectivity index (χ1v) is 7.90. The minimum Gasteiger partial charge on any atom is -0.508 e. The van der Waals surface area contributed by atoms with E-state index in [-0.39, 0.29) is 23.3 Å². The summed E-state index contributed by atoms with van der Waals surface area (Å²) in [6, 6.07) is 14.7. The second-order valence-electron chi connectivity index (χ2n) is 5.75. The van der Waals surface area contributed by atoms with E-state index in [0.29, 0.717) is 22.0 Å². The monoisotopic (exact) mass is 347 g/mol. The smallest absolute Gasteiger partial charge is 0.344 e. The van der Waals surface area contributed by atoms with Crippen molar-refractivity contribution in [3.8, 4) is 11.5 Å². The van der Waals surface area contributed by atoms with Gasteiger partial charge < -0.3 is 14.3 Å². The number of carbonyl (C=O) groups is 1. The van der Waals surface area contributed by atoms with E-state index in [2.05, 4.69) is 4.98 Å². The maximum Gasteiger partial charge on any atom is 0.344 e. The van der Waals surface area contributed by atoms with E-state index < -0.39 is 11.6 Å². The first-order chi connectivity index (χ1) is 12.6. The van der Waals surface area contributed by atoms with Crippen molar-refractivity contribution >= 4 is 27.7 Å². The molecule has 2 aromatic heterocycles. The summed E-state index contributed by atoms with van der Waals surface area (Å²) >= 11 is 0. The Morgan fingerprint density at radius 1 is 1.04 bits per heavy atom. The van der Waals surface area contributed by atoms with Crippen LogP contribution in [0.3, 0.4) is 0 Å². The Kier molecular flexibility index (Phi) is 3.85. The average Bonchev–Trinajstić information content (AvgIpc) is 2.62. The fourth-order valence-electron chi connectivity index (χ4n) is 2.78. The van der Waals surface area contributed by atoms with Gasteiger partial charge in [0.2, 0.25) is 0 Å². The molecule has 0 bridgehead atoms. The van der Waals surface area contributed by atoms with Crippen LogP contribution in [-0.2, 0) is 11.2 Å². The van der Waals surface area contributed by atoms with Gasteiger partial charge in [-0.05, 0) is 42.5 Å². The molecule has 0 spiro atoms. The van der Waals surface area contributed by atoms with Gasteiger partial charge in [0.05, 0.1) is 17.5 Å². The molecule has 0 aliphatic heterocycles. The molecule has 26 heavy (non-hydrogen) atoms. The molecule has 0 atom stereocenters. The number of aromatic hydroxyl groups is 1. The zero-order valence-corrected chi connectivity index (χ0v) is 13.5. The van der Waals surface area contributed by atoms with Crippen LogP contribution in [0.4, 0.5) is 0 Å². The fourth-order valence-corrected chi connectivity index (χ4v) is 2.78. The Morgan fingerprint density at radius 3 is 2.69 bits per heavy atom. The standard InChI is InChI=1S/C20H13NO5/c22-13-4-6-15-16-7-5-14(11-18(16)26-20(24)17(15)10-13)25-19(23)9-12-3-1-2-8-21-12/h1-8,10-11,22H,9H2. The molecule has 4 aromatic rings.